The molecule has 0 aromatic carbocycles. The average Bonchev–Trinajstić information content (AvgIpc) is 2.62. The van der Waals surface area contributed by atoms with Crippen LogP contribution >= 0.6 is 0 Å². The minimum atomic E-state index is -0.454. The summed E-state index contributed by atoms with van der Waals surface area (Å²) in [5.41, 5.74) is 0. The second-order valence-electron chi connectivity index (χ2n) is 5.79. The van der Waals surface area contributed by atoms with Gasteiger partial charge in [0.15, 0.2) is 0 Å². The summed E-state index contributed by atoms with van der Waals surface area (Å²) in [6.45, 7) is 1.99. The molecule has 0 aliphatic carbocycles. The number of aliphatic hydroxyl groups is 2. The van der Waals surface area contributed by atoms with Crippen LogP contribution in [0.3, 0.4) is 0 Å². The van der Waals surface area contributed by atoms with Crippen molar-refractivity contribution >= 4 is 23.6 Å². The van der Waals surface area contributed by atoms with Gasteiger partial charge in [-0.25, -0.2) is 0 Å². The van der Waals surface area contributed by atoms with Gasteiger partial charge in [-0.3, -0.25) is 19.2 Å². The topological polar surface area (TPSA) is 157 Å². The van der Waals surface area contributed by atoms with E-state index < -0.39 is 5.92 Å². The molecular weight excluding hydrogens is 344 g/mol. The third kappa shape index (κ3) is 13.1. The number of amides is 4. The molecule has 1 atom stereocenters. The minimum absolute atomic E-state index is 0.0170. The first-order chi connectivity index (χ1) is 12.4. The maximum absolute atomic E-state index is 11.9. The minimum Gasteiger partial charge on any atom is -0.396 e. The number of aliphatic hydroxyl groups excluding tert-OH is 2. The highest BCUT2D eigenvalue weighted by Crippen LogP contribution is 2.05. The standard InChI is InChI=1S/C16H30N4O6/c1-12(16(26)20-11-15(25)18-7-3-9-22)4-5-13(23)19-10-14(24)17-6-2-8-21/h12,21-22H,2-11H2,1H3,(H,17,24)(H,18,25)(H,19,23)(H,20,26). The maximum atomic E-state index is 11.9. The van der Waals surface area contributed by atoms with E-state index in [9.17, 15) is 19.2 Å². The Kier molecular flexibility index (Phi) is 13.8. The third-order valence-electron chi connectivity index (χ3n) is 3.44. The lowest BCUT2D eigenvalue weighted by molar-refractivity contribution is -0.129. The van der Waals surface area contributed by atoms with Gasteiger partial charge >= 0.3 is 0 Å². The van der Waals surface area contributed by atoms with E-state index in [0.29, 0.717) is 25.9 Å². The van der Waals surface area contributed by atoms with Crippen molar-refractivity contribution in [2.45, 2.75) is 32.6 Å². The van der Waals surface area contributed by atoms with E-state index in [4.69, 9.17) is 10.2 Å². The fraction of sp³-hybridized carbons (Fsp3) is 0.750. The van der Waals surface area contributed by atoms with E-state index in [2.05, 4.69) is 21.3 Å². The van der Waals surface area contributed by atoms with Gasteiger partial charge in [0.2, 0.25) is 23.6 Å². The van der Waals surface area contributed by atoms with E-state index in [1.807, 2.05) is 0 Å². The Hall–Kier alpha value is -2.20. The fourth-order valence-electron chi connectivity index (χ4n) is 1.83. The van der Waals surface area contributed by atoms with E-state index in [1.54, 1.807) is 6.92 Å². The summed E-state index contributed by atoms with van der Waals surface area (Å²) in [5, 5.41) is 27.2. The number of rotatable bonds is 14. The van der Waals surface area contributed by atoms with Crippen molar-refractivity contribution in [1.29, 1.82) is 0 Å². The molecule has 4 amide bonds. The van der Waals surface area contributed by atoms with Crippen molar-refractivity contribution in [1.82, 2.24) is 21.3 Å². The molecule has 0 radical (unpaired) electrons. The van der Waals surface area contributed by atoms with Crippen molar-refractivity contribution in [3.8, 4) is 0 Å². The molecule has 0 heterocycles. The molecule has 0 aliphatic heterocycles. The number of nitrogens with one attached hydrogen (secondary N) is 4. The molecule has 10 heteroatoms. The van der Waals surface area contributed by atoms with E-state index in [0.717, 1.165) is 0 Å². The van der Waals surface area contributed by atoms with Crippen LogP contribution in [0.15, 0.2) is 0 Å². The molecule has 1 unspecified atom stereocenters. The van der Waals surface area contributed by atoms with E-state index in [-0.39, 0.29) is 62.8 Å². The van der Waals surface area contributed by atoms with Gasteiger partial charge in [-0.15, -0.1) is 0 Å². The zero-order chi connectivity index (χ0) is 19.8. The monoisotopic (exact) mass is 374 g/mol. The Balaban J connectivity index is 3.85. The SMILES string of the molecule is CC(CCC(=O)NCC(=O)NCCCO)C(=O)NCC(=O)NCCCO. The molecule has 10 nitrogen and oxygen atoms in total. The Morgan fingerprint density at radius 3 is 1.77 bits per heavy atom. The lowest BCUT2D eigenvalue weighted by Crippen LogP contribution is -2.40. The molecule has 0 aromatic heterocycles. The smallest absolute Gasteiger partial charge is 0.239 e. The second kappa shape index (κ2) is 15.1. The van der Waals surface area contributed by atoms with Gasteiger partial charge in [0.05, 0.1) is 13.1 Å². The predicted molar refractivity (Wildman–Crippen MR) is 93.8 cm³/mol. The normalized spacial score (nSPS) is 11.3. The summed E-state index contributed by atoms with van der Waals surface area (Å²) < 4.78 is 0. The predicted octanol–water partition coefficient (Wildman–Crippen LogP) is -2.37. The van der Waals surface area contributed by atoms with Crippen LogP contribution in [0, 0.1) is 5.92 Å². The Bertz CT molecular complexity index is 458. The van der Waals surface area contributed by atoms with Crippen LogP contribution in [0.1, 0.15) is 32.6 Å². The number of carbonyl (C=O) groups is 4. The van der Waals surface area contributed by atoms with Gasteiger partial charge in [0, 0.05) is 38.6 Å². The first-order valence-corrected chi connectivity index (χ1v) is 8.70. The molecule has 0 saturated carbocycles. The zero-order valence-electron chi connectivity index (χ0n) is 15.2. The van der Waals surface area contributed by atoms with Crippen LogP contribution in [-0.2, 0) is 19.2 Å². The summed E-state index contributed by atoms with van der Waals surface area (Å²) in [7, 11) is 0. The lowest BCUT2D eigenvalue weighted by Gasteiger charge is -2.12. The van der Waals surface area contributed by atoms with Gasteiger partial charge < -0.3 is 31.5 Å². The Labute approximate surface area is 153 Å². The summed E-state index contributed by atoms with van der Waals surface area (Å²) >= 11 is 0. The van der Waals surface area contributed by atoms with Crippen LogP contribution in [-0.4, -0.2) is 73.2 Å². The van der Waals surface area contributed by atoms with E-state index >= 15 is 0 Å². The molecule has 0 aromatic rings. The highest BCUT2D eigenvalue weighted by molar-refractivity contribution is 5.87. The molecule has 0 bridgehead atoms. The summed E-state index contributed by atoms with van der Waals surface area (Å²) in [5.74, 6) is -1.82. The van der Waals surface area contributed by atoms with Crippen molar-refractivity contribution in [3.05, 3.63) is 0 Å². The van der Waals surface area contributed by atoms with Crippen molar-refractivity contribution < 1.29 is 29.4 Å². The Morgan fingerprint density at radius 1 is 0.769 bits per heavy atom. The molecule has 6 N–H and O–H groups in total. The summed E-state index contributed by atoms with van der Waals surface area (Å²) in [6, 6.07) is 0. The molecular formula is C16H30N4O6. The van der Waals surface area contributed by atoms with Crippen LogP contribution in [0.5, 0.6) is 0 Å². The second-order valence-corrected chi connectivity index (χ2v) is 5.79. The average molecular weight is 374 g/mol. The largest absolute Gasteiger partial charge is 0.396 e. The molecule has 150 valence electrons. The lowest BCUT2D eigenvalue weighted by atomic mass is 10.0. The van der Waals surface area contributed by atoms with Crippen LogP contribution in [0.2, 0.25) is 0 Å². The highest BCUT2D eigenvalue weighted by Gasteiger charge is 2.15. The first kappa shape index (κ1) is 23.8. The number of hydrogen-bond acceptors (Lipinski definition) is 6. The summed E-state index contributed by atoms with van der Waals surface area (Å²) in [4.78, 5) is 46.3. The third-order valence-corrected chi connectivity index (χ3v) is 3.44. The van der Waals surface area contributed by atoms with Crippen molar-refractivity contribution in [2.75, 3.05) is 39.4 Å². The van der Waals surface area contributed by atoms with Crippen LogP contribution in [0.25, 0.3) is 0 Å². The highest BCUT2D eigenvalue weighted by atomic mass is 16.3. The van der Waals surface area contributed by atoms with Crippen LogP contribution in [0.4, 0.5) is 0 Å². The number of hydrogen-bond donors (Lipinski definition) is 6. The summed E-state index contributed by atoms with van der Waals surface area (Å²) in [6.07, 6.45) is 1.27. The van der Waals surface area contributed by atoms with Crippen molar-refractivity contribution in [3.63, 3.8) is 0 Å². The van der Waals surface area contributed by atoms with Gasteiger partial charge in [0.25, 0.3) is 0 Å². The zero-order valence-corrected chi connectivity index (χ0v) is 15.2. The molecule has 0 rings (SSSR count). The molecule has 0 fully saturated rings. The maximum Gasteiger partial charge on any atom is 0.239 e. The van der Waals surface area contributed by atoms with Crippen LogP contribution < -0.4 is 21.3 Å². The van der Waals surface area contributed by atoms with Gasteiger partial charge in [-0.1, -0.05) is 6.92 Å². The van der Waals surface area contributed by atoms with Gasteiger partial charge in [-0.05, 0) is 19.3 Å². The molecule has 26 heavy (non-hydrogen) atoms. The quantitative estimate of drug-likeness (QED) is 0.187. The molecule has 0 saturated heterocycles. The van der Waals surface area contributed by atoms with E-state index in [1.165, 1.54) is 0 Å². The number of carbonyl (C=O) groups excluding carboxylic acids is 4. The van der Waals surface area contributed by atoms with Gasteiger partial charge in [0.1, 0.15) is 0 Å². The van der Waals surface area contributed by atoms with Gasteiger partial charge in [-0.2, -0.15) is 0 Å². The van der Waals surface area contributed by atoms with Crippen molar-refractivity contribution in [2.24, 2.45) is 5.92 Å². The molecule has 0 spiro atoms. The molecule has 0 aliphatic rings. The Morgan fingerprint density at radius 2 is 1.27 bits per heavy atom. The first-order valence-electron chi connectivity index (χ1n) is 8.70. The fourth-order valence-corrected chi connectivity index (χ4v) is 1.83.